The number of amides is 2. The number of likely N-dealkylation sites (tertiary alicyclic amines) is 1. The molecule has 0 aromatic heterocycles. The smallest absolute Gasteiger partial charge is 0.254 e. The summed E-state index contributed by atoms with van der Waals surface area (Å²) < 4.78 is 13.5. The average molecular weight is 467 g/mol. The van der Waals surface area contributed by atoms with E-state index in [0.717, 1.165) is 26.2 Å². The number of hydrogen-bond acceptors (Lipinski definition) is 4. The molecule has 182 valence electrons. The highest BCUT2D eigenvalue weighted by atomic mass is 19.1. The second kappa shape index (κ2) is 11.1. The fraction of sp³-hybridized carbons (Fsp3) is 0.481. The van der Waals surface area contributed by atoms with Crippen LogP contribution in [0.5, 0.6) is 0 Å². The van der Waals surface area contributed by atoms with Gasteiger partial charge in [-0.25, -0.2) is 4.39 Å². The molecule has 0 saturated carbocycles. The second-order valence-corrected chi connectivity index (χ2v) is 9.75. The molecule has 2 aliphatic heterocycles. The van der Waals surface area contributed by atoms with Gasteiger partial charge in [-0.15, -0.1) is 0 Å². The third-order valence-electron chi connectivity index (χ3n) is 6.69. The van der Waals surface area contributed by atoms with E-state index in [9.17, 15) is 14.0 Å². The molecule has 2 fully saturated rings. The summed E-state index contributed by atoms with van der Waals surface area (Å²) in [6.45, 7) is 9.36. The van der Waals surface area contributed by atoms with E-state index in [1.54, 1.807) is 4.90 Å². The van der Waals surface area contributed by atoms with E-state index in [1.165, 1.54) is 29.8 Å². The van der Waals surface area contributed by atoms with Gasteiger partial charge in [-0.1, -0.05) is 44.2 Å². The van der Waals surface area contributed by atoms with Crippen molar-refractivity contribution in [3.05, 3.63) is 71.5 Å². The summed E-state index contributed by atoms with van der Waals surface area (Å²) >= 11 is 0. The predicted molar refractivity (Wildman–Crippen MR) is 131 cm³/mol. The molecule has 1 N–H and O–H groups in total. The molecule has 2 unspecified atom stereocenters. The number of benzene rings is 2. The Balaban J connectivity index is 1.59. The summed E-state index contributed by atoms with van der Waals surface area (Å²) in [5.41, 5.74) is 1.63. The van der Waals surface area contributed by atoms with Gasteiger partial charge in [0.05, 0.1) is 0 Å². The second-order valence-electron chi connectivity index (χ2n) is 9.75. The van der Waals surface area contributed by atoms with E-state index < -0.39 is 6.04 Å². The van der Waals surface area contributed by atoms with Crippen LogP contribution in [0.25, 0.3) is 0 Å². The van der Waals surface area contributed by atoms with Crippen molar-refractivity contribution in [2.24, 2.45) is 5.92 Å². The van der Waals surface area contributed by atoms with Gasteiger partial charge in [0.1, 0.15) is 11.9 Å². The number of carbonyl (C=O) groups is 2. The first-order chi connectivity index (χ1) is 16.4. The number of nitrogens with zero attached hydrogens (tertiary/aromatic N) is 3. The number of hydrogen-bond donors (Lipinski definition) is 1. The van der Waals surface area contributed by atoms with Crippen molar-refractivity contribution in [3.8, 4) is 0 Å². The van der Waals surface area contributed by atoms with Crippen LogP contribution < -0.4 is 5.32 Å². The Morgan fingerprint density at radius 2 is 1.74 bits per heavy atom. The number of nitrogens with one attached hydrogen (secondary N) is 1. The van der Waals surface area contributed by atoms with Crippen LogP contribution in [0.2, 0.25) is 0 Å². The molecule has 2 heterocycles. The standard InChI is InChI=1S/C27H35FN4O2/c1-20(2)17-31(18-21-6-4-3-5-7-21)24-16-25(27(34)30-14-12-29-13-15-30)32(19-24)26(33)22-8-10-23(28)11-9-22/h3-11,20,24-25,29H,12-19H2,1-2H3. The third-order valence-corrected chi connectivity index (χ3v) is 6.69. The van der Waals surface area contributed by atoms with Gasteiger partial charge in [0.15, 0.2) is 0 Å². The molecule has 0 aliphatic carbocycles. The quantitative estimate of drug-likeness (QED) is 0.682. The zero-order valence-electron chi connectivity index (χ0n) is 20.1. The maximum absolute atomic E-state index is 13.6. The van der Waals surface area contributed by atoms with Gasteiger partial charge in [-0.2, -0.15) is 0 Å². The summed E-state index contributed by atoms with van der Waals surface area (Å²) in [6, 6.07) is 15.5. The highest BCUT2D eigenvalue weighted by Gasteiger charge is 2.43. The maximum Gasteiger partial charge on any atom is 0.254 e. The normalized spacial score (nSPS) is 20.9. The van der Waals surface area contributed by atoms with Crippen LogP contribution in [0.15, 0.2) is 54.6 Å². The topological polar surface area (TPSA) is 55.9 Å². The fourth-order valence-electron chi connectivity index (χ4n) is 5.02. The molecule has 0 radical (unpaired) electrons. The van der Waals surface area contributed by atoms with Crippen LogP contribution >= 0.6 is 0 Å². The third kappa shape index (κ3) is 5.83. The number of carbonyl (C=O) groups excluding carboxylic acids is 2. The van der Waals surface area contributed by atoms with Crippen LogP contribution in [0.3, 0.4) is 0 Å². The Bertz CT molecular complexity index is 960. The van der Waals surface area contributed by atoms with Gasteiger partial charge in [-0.3, -0.25) is 14.5 Å². The largest absolute Gasteiger partial charge is 0.338 e. The molecule has 2 amide bonds. The van der Waals surface area contributed by atoms with Gasteiger partial charge in [0.25, 0.3) is 5.91 Å². The SMILES string of the molecule is CC(C)CN(Cc1ccccc1)C1CC(C(=O)N2CCNCC2)N(C(=O)c2ccc(F)cc2)C1. The van der Waals surface area contributed by atoms with E-state index in [0.29, 0.717) is 37.5 Å². The zero-order valence-corrected chi connectivity index (χ0v) is 20.1. The van der Waals surface area contributed by atoms with Crippen molar-refractivity contribution < 1.29 is 14.0 Å². The highest BCUT2D eigenvalue weighted by Crippen LogP contribution is 2.28. The van der Waals surface area contributed by atoms with Crippen molar-refractivity contribution in [1.82, 2.24) is 20.0 Å². The lowest BCUT2D eigenvalue weighted by Crippen LogP contribution is -2.53. The first kappa shape index (κ1) is 24.4. The number of rotatable bonds is 7. The van der Waals surface area contributed by atoms with E-state index >= 15 is 0 Å². The predicted octanol–water partition coefficient (Wildman–Crippen LogP) is 3.00. The van der Waals surface area contributed by atoms with E-state index in [4.69, 9.17) is 0 Å². The summed E-state index contributed by atoms with van der Waals surface area (Å²) in [7, 11) is 0. The van der Waals surface area contributed by atoms with Gasteiger partial charge in [-0.05, 0) is 42.2 Å². The van der Waals surface area contributed by atoms with E-state index in [2.05, 4.69) is 36.2 Å². The maximum atomic E-state index is 13.6. The van der Waals surface area contributed by atoms with Crippen LogP contribution in [-0.2, 0) is 11.3 Å². The van der Waals surface area contributed by atoms with Gasteiger partial charge in [0.2, 0.25) is 5.91 Å². The molecular weight excluding hydrogens is 431 g/mol. The molecule has 2 atom stereocenters. The summed E-state index contributed by atoms with van der Waals surface area (Å²) in [5.74, 6) is -0.119. The summed E-state index contributed by atoms with van der Waals surface area (Å²) in [6.07, 6.45) is 0.606. The van der Waals surface area contributed by atoms with Crippen molar-refractivity contribution in [1.29, 1.82) is 0 Å². The van der Waals surface area contributed by atoms with Gasteiger partial charge >= 0.3 is 0 Å². The Morgan fingerprint density at radius 1 is 1.06 bits per heavy atom. The summed E-state index contributed by atoms with van der Waals surface area (Å²) in [4.78, 5) is 33.1. The Kier molecular flexibility index (Phi) is 7.95. The molecule has 0 bridgehead atoms. The molecule has 2 aromatic carbocycles. The molecule has 2 aromatic rings. The van der Waals surface area contributed by atoms with Gasteiger partial charge < -0.3 is 15.1 Å². The molecule has 4 rings (SSSR count). The van der Waals surface area contributed by atoms with E-state index in [1.807, 2.05) is 23.1 Å². The lowest BCUT2D eigenvalue weighted by atomic mass is 10.1. The van der Waals surface area contributed by atoms with Crippen molar-refractivity contribution in [3.63, 3.8) is 0 Å². The van der Waals surface area contributed by atoms with Crippen molar-refractivity contribution in [2.75, 3.05) is 39.3 Å². The molecule has 7 heteroatoms. The minimum atomic E-state index is -0.508. The highest BCUT2D eigenvalue weighted by molar-refractivity contribution is 5.98. The van der Waals surface area contributed by atoms with Crippen molar-refractivity contribution in [2.45, 2.75) is 38.9 Å². The monoisotopic (exact) mass is 466 g/mol. The van der Waals surface area contributed by atoms with Crippen LogP contribution in [0.4, 0.5) is 4.39 Å². The summed E-state index contributed by atoms with van der Waals surface area (Å²) in [5, 5.41) is 3.28. The zero-order chi connectivity index (χ0) is 24.1. The average Bonchev–Trinajstić information content (AvgIpc) is 3.30. The van der Waals surface area contributed by atoms with E-state index in [-0.39, 0.29) is 23.7 Å². The molecule has 2 saturated heterocycles. The Hall–Kier alpha value is -2.77. The Morgan fingerprint density at radius 3 is 2.38 bits per heavy atom. The van der Waals surface area contributed by atoms with Crippen LogP contribution in [0.1, 0.15) is 36.2 Å². The number of piperazine rings is 1. The first-order valence-corrected chi connectivity index (χ1v) is 12.3. The molecule has 6 nitrogen and oxygen atoms in total. The van der Waals surface area contributed by atoms with Crippen LogP contribution in [0, 0.1) is 11.7 Å². The Labute approximate surface area is 201 Å². The number of halogens is 1. The minimum Gasteiger partial charge on any atom is -0.338 e. The van der Waals surface area contributed by atoms with Crippen molar-refractivity contribution >= 4 is 11.8 Å². The van der Waals surface area contributed by atoms with Gasteiger partial charge in [0, 0.05) is 57.4 Å². The fourth-order valence-corrected chi connectivity index (χ4v) is 5.02. The van der Waals surface area contributed by atoms with Crippen LogP contribution in [-0.4, -0.2) is 77.9 Å². The minimum absolute atomic E-state index is 0.0173. The lowest BCUT2D eigenvalue weighted by molar-refractivity contribution is -0.135. The molecule has 2 aliphatic rings. The molecule has 0 spiro atoms. The first-order valence-electron chi connectivity index (χ1n) is 12.3. The molecular formula is C27H35FN4O2. The molecule has 34 heavy (non-hydrogen) atoms. The lowest BCUT2D eigenvalue weighted by Gasteiger charge is -2.32.